The van der Waals surface area contributed by atoms with Crippen molar-refractivity contribution in [1.82, 2.24) is 9.80 Å². The van der Waals surface area contributed by atoms with Crippen molar-refractivity contribution in [2.75, 3.05) is 6.54 Å². The van der Waals surface area contributed by atoms with Crippen LogP contribution in [-0.2, 0) is 11.3 Å². The Morgan fingerprint density at radius 1 is 1.10 bits per heavy atom. The second kappa shape index (κ2) is 8.58. The van der Waals surface area contributed by atoms with E-state index in [4.69, 9.17) is 0 Å². The lowest BCUT2D eigenvalue weighted by Gasteiger charge is -2.42. The van der Waals surface area contributed by atoms with Gasteiger partial charge in [-0.15, -0.1) is 0 Å². The van der Waals surface area contributed by atoms with Crippen LogP contribution in [0, 0.1) is 0 Å². The third kappa shape index (κ3) is 4.48. The monoisotopic (exact) mass is 392 g/mol. The molecule has 0 aliphatic carbocycles. The number of phenolic OH excluding ortho intramolecular Hbond substituents is 1. The summed E-state index contributed by atoms with van der Waals surface area (Å²) in [5.74, 6) is 1.03. The van der Waals surface area contributed by atoms with Crippen LogP contribution in [0.4, 0.5) is 0 Å². The molecule has 154 valence electrons. The molecule has 0 radical (unpaired) electrons. The molecule has 4 nitrogen and oxygen atoms in total. The van der Waals surface area contributed by atoms with E-state index in [1.165, 1.54) is 24.0 Å². The highest BCUT2D eigenvalue weighted by Gasteiger charge is 2.41. The lowest BCUT2D eigenvalue weighted by molar-refractivity contribution is -0.132. The number of carbonyl (C=O) groups excluding carboxylic acids is 1. The van der Waals surface area contributed by atoms with Gasteiger partial charge in [0.05, 0.1) is 0 Å². The van der Waals surface area contributed by atoms with Gasteiger partial charge in [-0.1, -0.05) is 42.5 Å². The van der Waals surface area contributed by atoms with Crippen LogP contribution in [0.25, 0.3) is 0 Å². The van der Waals surface area contributed by atoms with Crippen LogP contribution >= 0.6 is 0 Å². The molecule has 1 amide bonds. The molecule has 2 aliphatic heterocycles. The van der Waals surface area contributed by atoms with Gasteiger partial charge in [0, 0.05) is 38.1 Å². The Hall–Kier alpha value is -2.33. The molecular weight excluding hydrogens is 360 g/mol. The zero-order chi connectivity index (χ0) is 20.4. The second-order valence-corrected chi connectivity index (χ2v) is 8.83. The lowest BCUT2D eigenvalue weighted by atomic mass is 9.85. The fraction of sp³-hybridized carbons (Fsp3) is 0.480. The molecule has 4 rings (SSSR count). The average Bonchev–Trinajstić information content (AvgIpc) is 2.94. The maximum Gasteiger partial charge on any atom is 0.220 e. The Morgan fingerprint density at radius 3 is 2.41 bits per heavy atom. The van der Waals surface area contributed by atoms with E-state index < -0.39 is 0 Å². The normalized spacial score (nSPS) is 25.0. The van der Waals surface area contributed by atoms with Crippen LogP contribution < -0.4 is 0 Å². The number of benzene rings is 2. The van der Waals surface area contributed by atoms with Gasteiger partial charge in [-0.2, -0.15) is 0 Å². The van der Waals surface area contributed by atoms with Gasteiger partial charge in [0.15, 0.2) is 0 Å². The first kappa shape index (κ1) is 20.0. The number of amides is 1. The molecule has 29 heavy (non-hydrogen) atoms. The number of phenols is 1. The summed E-state index contributed by atoms with van der Waals surface area (Å²) in [5.41, 5.74) is 2.45. The Labute approximate surface area is 174 Å². The van der Waals surface area contributed by atoms with Gasteiger partial charge in [-0.05, 0) is 61.8 Å². The summed E-state index contributed by atoms with van der Waals surface area (Å²) >= 11 is 0. The third-order valence-corrected chi connectivity index (χ3v) is 6.83. The summed E-state index contributed by atoms with van der Waals surface area (Å²) in [6, 6.07) is 19.4. The maximum atomic E-state index is 12.4. The molecule has 1 N–H and O–H groups in total. The molecule has 0 spiro atoms. The molecule has 2 saturated heterocycles. The van der Waals surface area contributed by atoms with Crippen molar-refractivity contribution in [1.29, 1.82) is 0 Å². The minimum Gasteiger partial charge on any atom is -0.508 e. The van der Waals surface area contributed by atoms with Gasteiger partial charge in [-0.3, -0.25) is 9.69 Å². The fourth-order valence-electron chi connectivity index (χ4n) is 5.38. The molecule has 4 atom stereocenters. The van der Waals surface area contributed by atoms with Crippen molar-refractivity contribution in [3.63, 3.8) is 0 Å². The van der Waals surface area contributed by atoms with Gasteiger partial charge < -0.3 is 10.0 Å². The first-order chi connectivity index (χ1) is 14.0. The Bertz CT molecular complexity index is 824. The van der Waals surface area contributed by atoms with E-state index in [1.807, 2.05) is 35.2 Å². The summed E-state index contributed by atoms with van der Waals surface area (Å²) in [5, 5.41) is 9.85. The minimum atomic E-state index is 0.142. The van der Waals surface area contributed by atoms with Gasteiger partial charge in [0.2, 0.25) is 5.91 Å². The number of hydrogen-bond acceptors (Lipinski definition) is 3. The Balaban J connectivity index is 1.42. The molecule has 2 aliphatic rings. The lowest BCUT2D eigenvalue weighted by Crippen LogP contribution is -2.50. The van der Waals surface area contributed by atoms with Gasteiger partial charge in [-0.25, -0.2) is 0 Å². The van der Waals surface area contributed by atoms with Crippen LogP contribution in [0.5, 0.6) is 5.75 Å². The van der Waals surface area contributed by atoms with E-state index in [0.29, 0.717) is 30.3 Å². The summed E-state index contributed by atoms with van der Waals surface area (Å²) < 4.78 is 0. The standard InChI is InChI=1S/C25H32N2O2/c1-18(26(19(2)28)17-20-7-4-3-5-8-20)16-27-23-11-12-24(27)14-22(13-23)21-9-6-10-25(29)15-21/h3-10,15,18,22-24,29H,11-14,16-17H2,1-2H3/t18?,22?,23-,24?/m1/s1. The highest BCUT2D eigenvalue weighted by molar-refractivity contribution is 5.73. The van der Waals surface area contributed by atoms with E-state index in [1.54, 1.807) is 13.0 Å². The number of carbonyl (C=O) groups is 1. The minimum absolute atomic E-state index is 0.142. The topological polar surface area (TPSA) is 43.8 Å². The second-order valence-electron chi connectivity index (χ2n) is 8.83. The first-order valence-electron chi connectivity index (χ1n) is 10.9. The number of fused-ring (bicyclic) bond motifs is 2. The highest BCUT2D eigenvalue weighted by atomic mass is 16.3. The van der Waals surface area contributed by atoms with Crippen molar-refractivity contribution >= 4 is 5.91 Å². The van der Waals surface area contributed by atoms with Crippen molar-refractivity contribution in [2.24, 2.45) is 0 Å². The number of nitrogens with zero attached hydrogens (tertiary/aromatic N) is 2. The zero-order valence-corrected chi connectivity index (χ0v) is 17.5. The molecule has 4 heteroatoms. The van der Waals surface area contributed by atoms with Crippen molar-refractivity contribution in [3.8, 4) is 5.75 Å². The number of aromatic hydroxyl groups is 1. The molecule has 2 aromatic carbocycles. The van der Waals surface area contributed by atoms with Gasteiger partial charge >= 0.3 is 0 Å². The SMILES string of the molecule is CC(=O)N(Cc1ccccc1)C(C)CN1C2CC[C@@H]1CC(c1cccc(O)c1)C2. The maximum absolute atomic E-state index is 12.4. The van der Waals surface area contributed by atoms with Crippen molar-refractivity contribution in [3.05, 3.63) is 65.7 Å². The number of rotatable bonds is 6. The molecule has 2 heterocycles. The Morgan fingerprint density at radius 2 is 1.79 bits per heavy atom. The molecular formula is C25H32N2O2. The molecule has 2 aromatic rings. The van der Waals surface area contributed by atoms with Crippen molar-refractivity contribution < 1.29 is 9.90 Å². The quantitative estimate of drug-likeness (QED) is 0.785. The van der Waals surface area contributed by atoms with Crippen LogP contribution in [0.15, 0.2) is 54.6 Å². The largest absolute Gasteiger partial charge is 0.508 e. The predicted molar refractivity (Wildman–Crippen MR) is 116 cm³/mol. The highest BCUT2D eigenvalue weighted by Crippen LogP contribution is 2.43. The summed E-state index contributed by atoms with van der Waals surface area (Å²) in [6.45, 7) is 5.48. The fourth-order valence-corrected chi connectivity index (χ4v) is 5.38. The van der Waals surface area contributed by atoms with E-state index in [-0.39, 0.29) is 11.9 Å². The molecule has 2 fully saturated rings. The van der Waals surface area contributed by atoms with E-state index in [9.17, 15) is 9.90 Å². The van der Waals surface area contributed by atoms with E-state index in [0.717, 1.165) is 19.4 Å². The molecule has 3 unspecified atom stereocenters. The number of piperidine rings is 1. The Kier molecular flexibility index (Phi) is 5.91. The van der Waals surface area contributed by atoms with Crippen LogP contribution in [0.2, 0.25) is 0 Å². The average molecular weight is 393 g/mol. The predicted octanol–water partition coefficient (Wildman–Crippen LogP) is 4.54. The molecule has 0 saturated carbocycles. The van der Waals surface area contributed by atoms with Crippen LogP contribution in [-0.4, -0.2) is 45.5 Å². The summed E-state index contributed by atoms with van der Waals surface area (Å²) in [6.07, 6.45) is 4.77. The smallest absolute Gasteiger partial charge is 0.220 e. The molecule has 2 bridgehead atoms. The van der Waals surface area contributed by atoms with E-state index >= 15 is 0 Å². The van der Waals surface area contributed by atoms with Crippen LogP contribution in [0.1, 0.15) is 56.6 Å². The summed E-state index contributed by atoms with van der Waals surface area (Å²) in [7, 11) is 0. The number of hydrogen-bond donors (Lipinski definition) is 1. The van der Waals surface area contributed by atoms with Crippen molar-refractivity contribution in [2.45, 2.75) is 70.1 Å². The van der Waals surface area contributed by atoms with Crippen LogP contribution in [0.3, 0.4) is 0 Å². The van der Waals surface area contributed by atoms with Gasteiger partial charge in [0.1, 0.15) is 5.75 Å². The van der Waals surface area contributed by atoms with Gasteiger partial charge in [0.25, 0.3) is 0 Å². The van der Waals surface area contributed by atoms with E-state index in [2.05, 4.69) is 30.0 Å². The summed E-state index contributed by atoms with van der Waals surface area (Å²) in [4.78, 5) is 17.0. The zero-order valence-electron chi connectivity index (χ0n) is 17.5. The third-order valence-electron chi connectivity index (χ3n) is 6.83. The molecule has 0 aromatic heterocycles. The first-order valence-corrected chi connectivity index (χ1v) is 10.9.